The van der Waals surface area contributed by atoms with Crippen molar-refractivity contribution in [2.45, 2.75) is 16.8 Å². The minimum Gasteiger partial charge on any atom is -0.379 e. The van der Waals surface area contributed by atoms with E-state index in [9.17, 15) is 0 Å². The van der Waals surface area contributed by atoms with Gasteiger partial charge < -0.3 is 4.74 Å². The average Bonchev–Trinajstić information content (AvgIpc) is 3.01. The Morgan fingerprint density at radius 3 is 2.90 bits per heavy atom. The smallest absolute Gasteiger partial charge is 0.137 e. The van der Waals surface area contributed by atoms with Crippen molar-refractivity contribution in [2.24, 2.45) is 0 Å². The van der Waals surface area contributed by atoms with E-state index in [1.165, 1.54) is 6.33 Å². The van der Waals surface area contributed by atoms with Crippen LogP contribution in [0.1, 0.15) is 5.56 Å². The lowest BCUT2D eigenvalue weighted by Crippen LogP contribution is -2.40. The molecule has 1 aromatic heterocycles. The summed E-state index contributed by atoms with van der Waals surface area (Å²) in [6, 6.07) is 5.58. The molecule has 0 saturated carbocycles. The third-order valence-corrected chi connectivity index (χ3v) is 5.29. The van der Waals surface area contributed by atoms with Gasteiger partial charge in [-0.15, -0.1) is 0 Å². The summed E-state index contributed by atoms with van der Waals surface area (Å²) in [7, 11) is 0. The molecule has 1 aliphatic heterocycles. The second-order valence-corrected chi connectivity index (χ2v) is 6.80. The van der Waals surface area contributed by atoms with E-state index in [-0.39, 0.29) is 10.2 Å². The number of hydrogen-bond donors (Lipinski definition) is 0. The fraction of sp³-hybridized carbons (Fsp3) is 0.385. The van der Waals surface area contributed by atoms with E-state index in [1.54, 1.807) is 17.1 Å². The highest BCUT2D eigenvalue weighted by atomic mass is 79.9. The van der Waals surface area contributed by atoms with Crippen LogP contribution in [0.2, 0.25) is 10.0 Å². The van der Waals surface area contributed by atoms with Crippen LogP contribution >= 0.6 is 39.1 Å². The third-order valence-electron chi connectivity index (χ3n) is 3.60. The number of aromatic nitrogens is 3. The van der Waals surface area contributed by atoms with Crippen molar-refractivity contribution in [1.82, 2.24) is 14.8 Å². The number of halogens is 3. The van der Waals surface area contributed by atoms with Crippen LogP contribution in [0.5, 0.6) is 0 Å². The number of benzene rings is 1. The topological polar surface area (TPSA) is 39.9 Å². The molecule has 0 N–H and O–H groups in total. The van der Waals surface area contributed by atoms with Gasteiger partial charge in [-0.2, -0.15) is 5.10 Å². The highest BCUT2D eigenvalue weighted by molar-refractivity contribution is 9.09. The third kappa shape index (κ3) is 2.48. The van der Waals surface area contributed by atoms with Crippen LogP contribution in [-0.2, 0) is 16.7 Å². The Morgan fingerprint density at radius 2 is 2.30 bits per heavy atom. The van der Waals surface area contributed by atoms with E-state index in [2.05, 4.69) is 26.0 Å². The Bertz CT molecular complexity index is 608. The summed E-state index contributed by atoms with van der Waals surface area (Å²) in [5.41, 5.74) is 0.730. The maximum Gasteiger partial charge on any atom is 0.137 e. The Hall–Kier alpha value is -0.620. The van der Waals surface area contributed by atoms with Crippen LogP contribution in [0, 0.1) is 0 Å². The molecule has 20 heavy (non-hydrogen) atoms. The van der Waals surface area contributed by atoms with E-state index < -0.39 is 0 Å². The molecule has 2 atom stereocenters. The minimum absolute atomic E-state index is 0.151. The largest absolute Gasteiger partial charge is 0.379 e. The zero-order chi connectivity index (χ0) is 14.2. The molecular formula is C13H12BrCl2N3O. The number of nitrogens with zero attached hydrogens (tertiary/aromatic N) is 3. The first-order valence-electron chi connectivity index (χ1n) is 6.11. The van der Waals surface area contributed by atoms with Crippen LogP contribution in [0.15, 0.2) is 30.9 Å². The van der Waals surface area contributed by atoms with Gasteiger partial charge in [0.1, 0.15) is 12.7 Å². The summed E-state index contributed by atoms with van der Waals surface area (Å²) >= 11 is 16.1. The molecule has 1 fully saturated rings. The maximum absolute atomic E-state index is 6.40. The molecule has 2 aromatic rings. The molecule has 4 nitrogen and oxygen atoms in total. The predicted molar refractivity (Wildman–Crippen MR) is 81.7 cm³/mol. The summed E-state index contributed by atoms with van der Waals surface area (Å²) in [6.07, 6.45) is 3.22. The highest BCUT2D eigenvalue weighted by Crippen LogP contribution is 2.42. The number of rotatable bonds is 3. The van der Waals surface area contributed by atoms with Crippen LogP contribution in [0.3, 0.4) is 0 Å². The van der Waals surface area contributed by atoms with E-state index in [4.69, 9.17) is 27.9 Å². The summed E-state index contributed by atoms with van der Waals surface area (Å²) < 4.78 is 7.46. The fourth-order valence-electron chi connectivity index (χ4n) is 2.57. The normalized spacial score (nSPS) is 26.1. The van der Waals surface area contributed by atoms with E-state index in [0.717, 1.165) is 5.56 Å². The lowest BCUT2D eigenvalue weighted by atomic mass is 9.79. The minimum atomic E-state index is -0.282. The molecular weight excluding hydrogens is 365 g/mol. The summed E-state index contributed by atoms with van der Waals surface area (Å²) in [6.45, 7) is 1.85. The lowest BCUT2D eigenvalue weighted by Gasteiger charge is -2.32. The van der Waals surface area contributed by atoms with Gasteiger partial charge in [-0.3, -0.25) is 4.68 Å². The Kier molecular flexibility index (Phi) is 4.04. The fourth-order valence-corrected chi connectivity index (χ4v) is 3.87. The first kappa shape index (κ1) is 14.3. The van der Waals surface area contributed by atoms with Crippen LogP contribution in [0.25, 0.3) is 0 Å². The van der Waals surface area contributed by atoms with Gasteiger partial charge in [0.25, 0.3) is 0 Å². The van der Waals surface area contributed by atoms with Crippen molar-refractivity contribution in [3.05, 3.63) is 46.5 Å². The van der Waals surface area contributed by atoms with Gasteiger partial charge in [-0.25, -0.2) is 4.98 Å². The number of ether oxygens (including phenoxy) is 1. The Balaban J connectivity index is 2.06. The molecule has 106 valence electrons. The summed E-state index contributed by atoms with van der Waals surface area (Å²) in [5, 5.41) is 5.46. The average molecular weight is 377 g/mol. The Labute approximate surface area is 135 Å². The van der Waals surface area contributed by atoms with Gasteiger partial charge in [0, 0.05) is 10.0 Å². The lowest BCUT2D eigenvalue weighted by molar-refractivity contribution is 0.170. The highest BCUT2D eigenvalue weighted by Gasteiger charge is 2.46. The summed E-state index contributed by atoms with van der Waals surface area (Å²) in [5.74, 6) is 0. The number of alkyl halides is 1. The molecule has 2 heterocycles. The van der Waals surface area contributed by atoms with E-state index in [1.807, 2.05) is 12.1 Å². The van der Waals surface area contributed by atoms with Crippen molar-refractivity contribution in [2.75, 3.05) is 13.2 Å². The maximum atomic E-state index is 6.40. The van der Waals surface area contributed by atoms with E-state index >= 15 is 0 Å². The quantitative estimate of drug-likeness (QED) is 0.771. The SMILES string of the molecule is Clc1ccc(C2(Cn3cncn3)COCC2Br)c(Cl)c1. The molecule has 1 saturated heterocycles. The molecule has 7 heteroatoms. The zero-order valence-corrected chi connectivity index (χ0v) is 13.6. The van der Waals surface area contributed by atoms with Crippen LogP contribution in [0.4, 0.5) is 0 Å². The standard InChI is InChI=1S/C13H12BrCl2N3O/c14-12-4-20-6-13(12,5-19-8-17-7-18-19)10-2-1-9(15)3-11(10)16/h1-3,7-8,12H,4-6H2. The monoisotopic (exact) mass is 375 g/mol. The number of hydrogen-bond acceptors (Lipinski definition) is 3. The molecule has 0 spiro atoms. The molecule has 0 aliphatic carbocycles. The molecule has 1 aromatic carbocycles. The molecule has 0 amide bonds. The first-order valence-corrected chi connectivity index (χ1v) is 7.79. The molecule has 1 aliphatic rings. The van der Waals surface area contributed by atoms with Gasteiger partial charge in [-0.1, -0.05) is 45.2 Å². The van der Waals surface area contributed by atoms with Crippen LogP contribution < -0.4 is 0 Å². The van der Waals surface area contributed by atoms with Gasteiger partial charge in [0.05, 0.1) is 30.0 Å². The van der Waals surface area contributed by atoms with Gasteiger partial charge in [0.2, 0.25) is 0 Å². The Morgan fingerprint density at radius 1 is 1.45 bits per heavy atom. The predicted octanol–water partition coefficient (Wildman–Crippen LogP) is 3.32. The van der Waals surface area contributed by atoms with Gasteiger partial charge in [-0.05, 0) is 17.7 Å². The van der Waals surface area contributed by atoms with Crippen molar-refractivity contribution in [3.8, 4) is 0 Å². The molecule has 2 unspecified atom stereocenters. The molecule has 3 rings (SSSR count). The second-order valence-electron chi connectivity index (χ2n) is 4.86. The summed E-state index contributed by atoms with van der Waals surface area (Å²) in [4.78, 5) is 4.14. The first-order chi connectivity index (χ1) is 9.62. The van der Waals surface area contributed by atoms with Crippen molar-refractivity contribution in [1.29, 1.82) is 0 Å². The molecule has 0 bridgehead atoms. The van der Waals surface area contributed by atoms with Crippen LogP contribution in [-0.4, -0.2) is 32.8 Å². The van der Waals surface area contributed by atoms with Crippen molar-refractivity contribution < 1.29 is 4.74 Å². The van der Waals surface area contributed by atoms with Gasteiger partial charge >= 0.3 is 0 Å². The zero-order valence-electron chi connectivity index (χ0n) is 10.5. The van der Waals surface area contributed by atoms with Gasteiger partial charge in [0.15, 0.2) is 0 Å². The van der Waals surface area contributed by atoms with E-state index in [0.29, 0.717) is 29.8 Å². The van der Waals surface area contributed by atoms with Crippen molar-refractivity contribution in [3.63, 3.8) is 0 Å². The second kappa shape index (κ2) is 5.64. The van der Waals surface area contributed by atoms with Crippen molar-refractivity contribution >= 4 is 39.1 Å². The molecule has 0 radical (unpaired) electrons.